The summed E-state index contributed by atoms with van der Waals surface area (Å²) < 4.78 is 22.1. The van der Waals surface area contributed by atoms with E-state index in [1.807, 2.05) is 0 Å². The van der Waals surface area contributed by atoms with Gasteiger partial charge in [0.25, 0.3) is 5.09 Å². The Morgan fingerprint density at radius 1 is 1.23 bits per heavy atom. The molecule has 0 aliphatic carbocycles. The van der Waals surface area contributed by atoms with E-state index in [4.69, 9.17) is 18.9 Å². The summed E-state index contributed by atoms with van der Waals surface area (Å²) in [5, 5.41) is 9.63. The van der Waals surface area contributed by atoms with Crippen LogP contribution in [0, 0.1) is 10.1 Å². The van der Waals surface area contributed by atoms with Crippen molar-refractivity contribution in [1.29, 1.82) is 0 Å². The monoisotopic (exact) mass is 367 g/mol. The van der Waals surface area contributed by atoms with Gasteiger partial charge in [-0.15, -0.1) is 10.1 Å². The minimum atomic E-state index is -0.872. The highest BCUT2D eigenvalue weighted by atomic mass is 17.0. The van der Waals surface area contributed by atoms with E-state index >= 15 is 0 Å². The lowest BCUT2D eigenvalue weighted by Gasteiger charge is -2.18. The van der Waals surface area contributed by atoms with Crippen LogP contribution >= 0.6 is 0 Å². The molecule has 0 bridgehead atoms. The van der Waals surface area contributed by atoms with Crippen molar-refractivity contribution in [1.82, 2.24) is 0 Å². The Balaban J connectivity index is 1.62. The molecule has 9 nitrogen and oxygen atoms in total. The third kappa shape index (κ3) is 4.05. The first-order valence-corrected chi connectivity index (χ1v) is 8.57. The van der Waals surface area contributed by atoms with Gasteiger partial charge in [0, 0.05) is 0 Å². The molecule has 2 saturated heterocycles. The number of rotatable bonds is 8. The van der Waals surface area contributed by atoms with E-state index in [1.165, 1.54) is 0 Å². The van der Waals surface area contributed by atoms with E-state index in [9.17, 15) is 14.9 Å². The third-order valence-corrected chi connectivity index (χ3v) is 4.30. The first-order chi connectivity index (χ1) is 12.6. The highest BCUT2D eigenvalue weighted by Crippen LogP contribution is 2.31. The van der Waals surface area contributed by atoms with Crippen molar-refractivity contribution in [2.24, 2.45) is 0 Å². The molecule has 2 heterocycles. The Kier molecular flexibility index (Phi) is 5.89. The standard InChI is InChI=1S/C17H21NO8/c1-2-3-8-22-12-7-5-4-6-11(12)17(19)25-13-9-23-16-14(26-18(20)21)10-24-15(13)16/h4-7,13-16H,2-3,8-10H2,1H3/t13-,14+,15+,16+/m0/s1. The second kappa shape index (κ2) is 8.33. The van der Waals surface area contributed by atoms with E-state index in [2.05, 4.69) is 11.8 Å². The molecule has 2 aliphatic rings. The molecule has 142 valence electrons. The largest absolute Gasteiger partial charge is 0.493 e. The zero-order chi connectivity index (χ0) is 18.5. The van der Waals surface area contributed by atoms with Crippen molar-refractivity contribution in [2.75, 3.05) is 19.8 Å². The number of hydrogen-bond acceptors (Lipinski definition) is 8. The van der Waals surface area contributed by atoms with E-state index in [1.54, 1.807) is 24.3 Å². The number of esters is 1. The maximum atomic E-state index is 12.5. The summed E-state index contributed by atoms with van der Waals surface area (Å²) in [5.74, 6) is -0.0862. The molecule has 0 N–H and O–H groups in total. The van der Waals surface area contributed by atoms with Crippen LogP contribution in [0.25, 0.3) is 0 Å². The summed E-state index contributed by atoms with van der Waals surface area (Å²) >= 11 is 0. The van der Waals surface area contributed by atoms with E-state index in [0.29, 0.717) is 17.9 Å². The predicted octanol–water partition coefficient (Wildman–Crippen LogP) is 1.77. The van der Waals surface area contributed by atoms with Crippen molar-refractivity contribution >= 4 is 5.97 Å². The Hall–Kier alpha value is -2.39. The first-order valence-electron chi connectivity index (χ1n) is 8.57. The lowest BCUT2D eigenvalue weighted by atomic mass is 10.1. The average Bonchev–Trinajstić information content (AvgIpc) is 3.19. The predicted molar refractivity (Wildman–Crippen MR) is 87.4 cm³/mol. The van der Waals surface area contributed by atoms with E-state index in [-0.39, 0.29) is 13.2 Å². The summed E-state index contributed by atoms with van der Waals surface area (Å²) in [5.41, 5.74) is 0.322. The van der Waals surface area contributed by atoms with Gasteiger partial charge < -0.3 is 23.8 Å². The molecule has 1 aromatic carbocycles. The zero-order valence-electron chi connectivity index (χ0n) is 14.4. The Bertz CT molecular complexity index is 651. The molecule has 4 atom stereocenters. The second-order valence-electron chi connectivity index (χ2n) is 6.11. The van der Waals surface area contributed by atoms with Crippen molar-refractivity contribution in [2.45, 2.75) is 44.2 Å². The molecular formula is C17H21NO8. The third-order valence-electron chi connectivity index (χ3n) is 4.30. The molecule has 0 amide bonds. The molecule has 2 fully saturated rings. The van der Waals surface area contributed by atoms with Crippen molar-refractivity contribution < 1.29 is 33.7 Å². The summed E-state index contributed by atoms with van der Waals surface area (Å²) in [6, 6.07) is 6.86. The number of benzene rings is 1. The molecule has 0 spiro atoms. The van der Waals surface area contributed by atoms with Crippen LogP contribution in [0.5, 0.6) is 5.75 Å². The minimum absolute atomic E-state index is 0.0150. The molecule has 26 heavy (non-hydrogen) atoms. The van der Waals surface area contributed by atoms with Crippen LogP contribution in [-0.4, -0.2) is 55.3 Å². The number of ether oxygens (including phenoxy) is 4. The number of carbonyl (C=O) groups is 1. The topological polar surface area (TPSA) is 106 Å². The summed E-state index contributed by atoms with van der Waals surface area (Å²) in [6.45, 7) is 2.68. The van der Waals surface area contributed by atoms with Gasteiger partial charge in [-0.25, -0.2) is 4.79 Å². The normalized spacial score (nSPS) is 27.0. The minimum Gasteiger partial charge on any atom is -0.493 e. The van der Waals surface area contributed by atoms with Gasteiger partial charge in [0.05, 0.1) is 19.8 Å². The fourth-order valence-electron chi connectivity index (χ4n) is 3.02. The van der Waals surface area contributed by atoms with E-state index in [0.717, 1.165) is 12.8 Å². The van der Waals surface area contributed by atoms with Crippen molar-refractivity contribution in [3.05, 3.63) is 39.9 Å². The van der Waals surface area contributed by atoms with Gasteiger partial charge in [-0.05, 0) is 18.6 Å². The molecule has 0 aromatic heterocycles. The number of carbonyl (C=O) groups excluding carboxylic acids is 1. The van der Waals surface area contributed by atoms with Crippen LogP contribution in [0.15, 0.2) is 24.3 Å². The summed E-state index contributed by atoms with van der Waals surface area (Å²) in [6.07, 6.45) is -0.819. The molecule has 3 rings (SSSR count). The van der Waals surface area contributed by atoms with Crippen molar-refractivity contribution in [3.63, 3.8) is 0 Å². The Labute approximate surface area is 150 Å². The fourth-order valence-corrected chi connectivity index (χ4v) is 3.02. The van der Waals surface area contributed by atoms with Gasteiger partial charge in [-0.2, -0.15) is 0 Å². The average molecular weight is 367 g/mol. The molecule has 1 aromatic rings. The maximum absolute atomic E-state index is 12.5. The van der Waals surface area contributed by atoms with Gasteiger partial charge in [0.2, 0.25) is 0 Å². The van der Waals surface area contributed by atoms with E-state index < -0.39 is 35.5 Å². The number of fused-ring (bicyclic) bond motifs is 1. The van der Waals surface area contributed by atoms with Gasteiger partial charge >= 0.3 is 5.97 Å². The first kappa shape index (κ1) is 18.4. The lowest BCUT2D eigenvalue weighted by Crippen LogP contribution is -2.35. The molecule has 0 saturated carbocycles. The number of nitrogens with zero attached hydrogens (tertiary/aromatic N) is 1. The SMILES string of the molecule is CCCCOc1ccccc1C(=O)O[C@H]1CO[C@H]2[C@@H]1OC[C@H]2O[N+](=O)[O-]. The van der Waals surface area contributed by atoms with Crippen LogP contribution in [0.2, 0.25) is 0 Å². The molecule has 0 radical (unpaired) electrons. The van der Waals surface area contributed by atoms with Gasteiger partial charge in [0.1, 0.15) is 23.5 Å². The van der Waals surface area contributed by atoms with Crippen LogP contribution in [0.4, 0.5) is 0 Å². The smallest absolute Gasteiger partial charge is 0.342 e. The van der Waals surface area contributed by atoms with Crippen LogP contribution in [0.1, 0.15) is 30.1 Å². The summed E-state index contributed by atoms with van der Waals surface area (Å²) in [4.78, 5) is 27.6. The summed E-state index contributed by atoms with van der Waals surface area (Å²) in [7, 11) is 0. The fraction of sp³-hybridized carbons (Fsp3) is 0.588. The molecule has 0 unspecified atom stereocenters. The molecular weight excluding hydrogens is 346 g/mol. The number of unbranched alkanes of at least 4 members (excludes halogenated alkanes) is 1. The van der Waals surface area contributed by atoms with Crippen LogP contribution in [0.3, 0.4) is 0 Å². The van der Waals surface area contributed by atoms with Gasteiger partial charge in [-0.3, -0.25) is 0 Å². The Morgan fingerprint density at radius 3 is 2.65 bits per heavy atom. The Morgan fingerprint density at radius 2 is 1.92 bits per heavy atom. The maximum Gasteiger partial charge on any atom is 0.342 e. The van der Waals surface area contributed by atoms with Crippen molar-refractivity contribution in [3.8, 4) is 5.75 Å². The molecule has 9 heteroatoms. The number of para-hydroxylation sites is 1. The zero-order valence-corrected chi connectivity index (χ0v) is 14.4. The number of hydrogen-bond donors (Lipinski definition) is 0. The molecule has 2 aliphatic heterocycles. The van der Waals surface area contributed by atoms with Gasteiger partial charge in [-0.1, -0.05) is 25.5 Å². The lowest BCUT2D eigenvalue weighted by molar-refractivity contribution is -0.769. The van der Waals surface area contributed by atoms with Gasteiger partial charge in [0.15, 0.2) is 12.2 Å². The second-order valence-corrected chi connectivity index (χ2v) is 6.11. The highest BCUT2D eigenvalue weighted by molar-refractivity contribution is 5.92. The van der Waals surface area contributed by atoms with Crippen LogP contribution in [-0.2, 0) is 19.0 Å². The quantitative estimate of drug-likeness (QED) is 0.296. The van der Waals surface area contributed by atoms with Crippen LogP contribution < -0.4 is 4.74 Å². The highest BCUT2D eigenvalue weighted by Gasteiger charge is 2.51.